The largest absolute Gasteiger partial charge is 0.528 e. The summed E-state index contributed by atoms with van der Waals surface area (Å²) in [6, 6.07) is 0. The molecule has 0 unspecified atom stereocenters. The second kappa shape index (κ2) is 6.62. The normalized spacial score (nSPS) is 14.0. The smallest absolute Gasteiger partial charge is 0.411 e. The number of halogens is 1. The van der Waals surface area contributed by atoms with E-state index in [0.29, 0.717) is 0 Å². The third-order valence-electron chi connectivity index (χ3n) is 1.40. The molecule has 0 saturated carbocycles. The molecular weight excluding hydrogens is 255 g/mol. The standard InChI is InChI=1S/C9H18ClO5P/c1-9(2,3)14-6-8(10)7-15-16(11,12-4)13-5/h7H,6H2,1-5H3. The first-order valence-corrected chi connectivity index (χ1v) is 6.45. The van der Waals surface area contributed by atoms with Crippen LogP contribution in [0.5, 0.6) is 0 Å². The fourth-order valence-electron chi connectivity index (χ4n) is 0.602. The molecule has 0 aromatic heterocycles. The molecule has 0 bridgehead atoms. The van der Waals surface area contributed by atoms with E-state index in [-0.39, 0.29) is 17.2 Å². The maximum Gasteiger partial charge on any atom is 0.528 e. The van der Waals surface area contributed by atoms with Crippen LogP contribution in [0.1, 0.15) is 20.8 Å². The summed E-state index contributed by atoms with van der Waals surface area (Å²) >= 11 is 5.79. The van der Waals surface area contributed by atoms with Gasteiger partial charge < -0.3 is 9.26 Å². The number of phosphoric ester groups is 1. The summed E-state index contributed by atoms with van der Waals surface area (Å²) in [6.07, 6.45) is 1.10. The predicted molar refractivity (Wildman–Crippen MR) is 62.4 cm³/mol. The first-order valence-electron chi connectivity index (χ1n) is 4.61. The van der Waals surface area contributed by atoms with E-state index in [0.717, 1.165) is 6.26 Å². The van der Waals surface area contributed by atoms with Crippen molar-refractivity contribution in [1.82, 2.24) is 0 Å². The molecule has 0 radical (unpaired) electrons. The van der Waals surface area contributed by atoms with E-state index in [1.807, 2.05) is 20.8 Å². The molecule has 16 heavy (non-hydrogen) atoms. The fraction of sp³-hybridized carbons (Fsp3) is 0.778. The van der Waals surface area contributed by atoms with Gasteiger partial charge in [-0.1, -0.05) is 11.6 Å². The summed E-state index contributed by atoms with van der Waals surface area (Å²) in [5.41, 5.74) is -0.305. The van der Waals surface area contributed by atoms with Crippen molar-refractivity contribution in [3.8, 4) is 0 Å². The highest BCUT2D eigenvalue weighted by Crippen LogP contribution is 2.48. The maximum atomic E-state index is 11.4. The lowest BCUT2D eigenvalue weighted by Crippen LogP contribution is -2.19. The van der Waals surface area contributed by atoms with E-state index in [1.54, 1.807) is 0 Å². The molecule has 0 fully saturated rings. The van der Waals surface area contributed by atoms with Gasteiger partial charge in [-0.3, -0.25) is 9.05 Å². The van der Waals surface area contributed by atoms with Gasteiger partial charge in [-0.05, 0) is 20.8 Å². The first-order chi connectivity index (χ1) is 7.22. The lowest BCUT2D eigenvalue weighted by Gasteiger charge is -2.19. The summed E-state index contributed by atoms with van der Waals surface area (Å²) < 4.78 is 30.7. The minimum atomic E-state index is -3.52. The lowest BCUT2D eigenvalue weighted by atomic mass is 10.2. The van der Waals surface area contributed by atoms with Gasteiger partial charge in [0.15, 0.2) is 0 Å². The molecule has 0 aliphatic heterocycles. The Morgan fingerprint density at radius 1 is 1.31 bits per heavy atom. The zero-order chi connectivity index (χ0) is 12.8. The van der Waals surface area contributed by atoms with Crippen molar-refractivity contribution < 1.29 is 22.9 Å². The first kappa shape index (κ1) is 15.9. The highest BCUT2D eigenvalue weighted by molar-refractivity contribution is 7.48. The van der Waals surface area contributed by atoms with Crippen molar-refractivity contribution in [3.63, 3.8) is 0 Å². The summed E-state index contributed by atoms with van der Waals surface area (Å²) in [4.78, 5) is 0. The van der Waals surface area contributed by atoms with Gasteiger partial charge >= 0.3 is 7.82 Å². The monoisotopic (exact) mass is 272 g/mol. The van der Waals surface area contributed by atoms with E-state index >= 15 is 0 Å². The van der Waals surface area contributed by atoms with Crippen LogP contribution in [0.15, 0.2) is 11.3 Å². The summed E-state index contributed by atoms with van der Waals surface area (Å²) in [5.74, 6) is 0. The molecule has 0 heterocycles. The molecule has 0 rings (SSSR count). The van der Waals surface area contributed by atoms with Crippen LogP contribution in [0.4, 0.5) is 0 Å². The minimum Gasteiger partial charge on any atom is -0.411 e. The highest BCUT2D eigenvalue weighted by atomic mass is 35.5. The molecule has 96 valence electrons. The molecule has 0 aromatic rings. The number of phosphoric acid groups is 1. The van der Waals surface area contributed by atoms with Crippen molar-refractivity contribution in [2.24, 2.45) is 0 Å². The van der Waals surface area contributed by atoms with Crippen LogP contribution < -0.4 is 0 Å². The van der Waals surface area contributed by atoms with Crippen LogP contribution >= 0.6 is 19.4 Å². The van der Waals surface area contributed by atoms with E-state index in [9.17, 15) is 4.57 Å². The van der Waals surface area contributed by atoms with Crippen LogP contribution in [0.3, 0.4) is 0 Å². The molecule has 5 nitrogen and oxygen atoms in total. The summed E-state index contributed by atoms with van der Waals surface area (Å²) in [7, 11) is -1.08. The molecular formula is C9H18ClO5P. The molecule has 0 aliphatic rings. The van der Waals surface area contributed by atoms with Crippen molar-refractivity contribution in [2.75, 3.05) is 20.8 Å². The van der Waals surface area contributed by atoms with Gasteiger partial charge in [0.05, 0.1) is 17.2 Å². The summed E-state index contributed by atoms with van der Waals surface area (Å²) in [6.45, 7) is 5.85. The Labute approximate surface area is 101 Å². The predicted octanol–water partition coefficient (Wildman–Crippen LogP) is 3.30. The topological polar surface area (TPSA) is 54.0 Å². The Balaban J connectivity index is 4.19. The van der Waals surface area contributed by atoms with Crippen LogP contribution in [0, 0.1) is 0 Å². The lowest BCUT2D eigenvalue weighted by molar-refractivity contribution is 0.0129. The average Bonchev–Trinajstić information content (AvgIpc) is 2.22. The van der Waals surface area contributed by atoms with E-state index in [1.165, 1.54) is 14.2 Å². The Bertz CT molecular complexity index is 276. The molecule has 0 aliphatic carbocycles. The van der Waals surface area contributed by atoms with Gasteiger partial charge in [0, 0.05) is 14.2 Å². The Morgan fingerprint density at radius 3 is 2.19 bits per heavy atom. The maximum absolute atomic E-state index is 11.4. The summed E-state index contributed by atoms with van der Waals surface area (Å²) in [5, 5.41) is 0.268. The van der Waals surface area contributed by atoms with Crippen molar-refractivity contribution in [2.45, 2.75) is 26.4 Å². The SMILES string of the molecule is COP(=O)(OC)OC=C(Cl)COC(C)(C)C. The molecule has 0 spiro atoms. The number of hydrogen-bond donors (Lipinski definition) is 0. The van der Waals surface area contributed by atoms with E-state index < -0.39 is 7.82 Å². The van der Waals surface area contributed by atoms with Gasteiger partial charge in [-0.2, -0.15) is 0 Å². The Kier molecular flexibility index (Phi) is 6.60. The van der Waals surface area contributed by atoms with E-state index in [4.69, 9.17) is 20.9 Å². The number of hydrogen-bond acceptors (Lipinski definition) is 5. The van der Waals surface area contributed by atoms with Crippen LogP contribution in [0.25, 0.3) is 0 Å². The van der Waals surface area contributed by atoms with Crippen LogP contribution in [-0.4, -0.2) is 26.4 Å². The third kappa shape index (κ3) is 7.25. The highest BCUT2D eigenvalue weighted by Gasteiger charge is 2.22. The molecule has 0 aromatic carbocycles. The van der Waals surface area contributed by atoms with Gasteiger partial charge in [0.25, 0.3) is 0 Å². The van der Waals surface area contributed by atoms with Gasteiger partial charge in [0.1, 0.15) is 6.26 Å². The molecule has 0 N–H and O–H groups in total. The van der Waals surface area contributed by atoms with Gasteiger partial charge in [-0.25, -0.2) is 4.57 Å². The minimum absolute atomic E-state index is 0.165. The zero-order valence-corrected chi connectivity index (χ0v) is 11.8. The second-order valence-electron chi connectivity index (χ2n) is 3.88. The Hall–Kier alpha value is -0.0600. The molecule has 0 saturated heterocycles. The van der Waals surface area contributed by atoms with Crippen molar-refractivity contribution >= 4 is 19.4 Å². The third-order valence-corrected chi connectivity index (χ3v) is 2.86. The van der Waals surface area contributed by atoms with Crippen molar-refractivity contribution in [1.29, 1.82) is 0 Å². The molecule has 0 amide bonds. The van der Waals surface area contributed by atoms with Crippen LogP contribution in [0.2, 0.25) is 0 Å². The quantitative estimate of drug-likeness (QED) is 0.548. The van der Waals surface area contributed by atoms with E-state index in [2.05, 4.69) is 9.05 Å². The second-order valence-corrected chi connectivity index (χ2v) is 6.20. The molecule has 7 heteroatoms. The number of ether oxygens (including phenoxy) is 1. The Morgan fingerprint density at radius 2 is 1.81 bits per heavy atom. The fourth-order valence-corrected chi connectivity index (χ4v) is 1.34. The molecule has 0 atom stereocenters. The van der Waals surface area contributed by atoms with Crippen molar-refractivity contribution in [3.05, 3.63) is 11.3 Å². The zero-order valence-electron chi connectivity index (χ0n) is 10.2. The van der Waals surface area contributed by atoms with Crippen LogP contribution in [-0.2, 0) is 22.9 Å². The average molecular weight is 273 g/mol. The number of rotatable bonds is 6. The van der Waals surface area contributed by atoms with Gasteiger partial charge in [0.2, 0.25) is 0 Å². The van der Waals surface area contributed by atoms with Gasteiger partial charge in [-0.15, -0.1) is 0 Å².